The Labute approximate surface area is 154 Å². The molecule has 5 heteroatoms. The number of hydrogen-bond acceptors (Lipinski definition) is 3. The van der Waals surface area contributed by atoms with Gasteiger partial charge in [-0.3, -0.25) is 4.90 Å². The van der Waals surface area contributed by atoms with E-state index in [1.807, 2.05) is 25.7 Å². The molecule has 1 aromatic rings. The van der Waals surface area contributed by atoms with Gasteiger partial charge in [0.05, 0.1) is 0 Å². The summed E-state index contributed by atoms with van der Waals surface area (Å²) in [5.74, 6) is 0. The summed E-state index contributed by atoms with van der Waals surface area (Å²) in [5.41, 5.74) is 3.42. The van der Waals surface area contributed by atoms with E-state index < -0.39 is 5.60 Å². The second-order valence-electron chi connectivity index (χ2n) is 7.80. The number of carbonyl (C=O) groups is 1. The molecule has 2 rings (SSSR count). The molecule has 1 atom stereocenters. The van der Waals surface area contributed by atoms with Crippen molar-refractivity contribution in [2.45, 2.75) is 59.7 Å². The van der Waals surface area contributed by atoms with Crippen LogP contribution in [0.2, 0.25) is 0 Å². The van der Waals surface area contributed by atoms with Crippen molar-refractivity contribution >= 4 is 22.0 Å². The highest BCUT2D eigenvalue weighted by Crippen LogP contribution is 2.24. The number of benzene rings is 1. The van der Waals surface area contributed by atoms with E-state index in [4.69, 9.17) is 4.74 Å². The van der Waals surface area contributed by atoms with Gasteiger partial charge in [-0.1, -0.05) is 28.1 Å². The van der Waals surface area contributed by atoms with Gasteiger partial charge in [0.25, 0.3) is 0 Å². The van der Waals surface area contributed by atoms with Gasteiger partial charge < -0.3 is 9.64 Å². The van der Waals surface area contributed by atoms with Crippen molar-refractivity contribution in [3.8, 4) is 0 Å². The maximum atomic E-state index is 12.3. The summed E-state index contributed by atoms with van der Waals surface area (Å²) in [5, 5.41) is 0. The summed E-state index contributed by atoms with van der Waals surface area (Å²) in [6.45, 7) is 15.4. The molecule has 0 aromatic heterocycles. The number of nitrogens with zero attached hydrogens (tertiary/aromatic N) is 2. The van der Waals surface area contributed by atoms with Gasteiger partial charge in [0.15, 0.2) is 0 Å². The first-order valence-electron chi connectivity index (χ1n) is 8.54. The Bertz CT molecular complexity index is 587. The van der Waals surface area contributed by atoms with Gasteiger partial charge in [0.1, 0.15) is 5.60 Å². The predicted molar refractivity (Wildman–Crippen MR) is 101 cm³/mol. The lowest BCUT2D eigenvalue weighted by molar-refractivity contribution is 0.000563. The Morgan fingerprint density at radius 1 is 1.25 bits per heavy atom. The lowest BCUT2D eigenvalue weighted by Crippen LogP contribution is -2.54. The monoisotopic (exact) mass is 396 g/mol. The molecule has 0 saturated carbocycles. The topological polar surface area (TPSA) is 32.8 Å². The minimum absolute atomic E-state index is 0.159. The number of rotatable bonds is 2. The first-order valence-corrected chi connectivity index (χ1v) is 9.33. The second kappa shape index (κ2) is 7.44. The van der Waals surface area contributed by atoms with Crippen LogP contribution in [0, 0.1) is 13.8 Å². The molecule has 1 heterocycles. The summed E-state index contributed by atoms with van der Waals surface area (Å²) in [6.07, 6.45) is -0.204. The van der Waals surface area contributed by atoms with Gasteiger partial charge in [-0.25, -0.2) is 4.79 Å². The van der Waals surface area contributed by atoms with Gasteiger partial charge in [0.2, 0.25) is 0 Å². The van der Waals surface area contributed by atoms with Gasteiger partial charge in [-0.15, -0.1) is 0 Å². The molecule has 1 aliphatic rings. The third kappa shape index (κ3) is 4.96. The lowest BCUT2D eigenvalue weighted by atomic mass is 10.1. The third-order valence-corrected chi connectivity index (χ3v) is 5.49. The van der Waals surface area contributed by atoms with Crippen LogP contribution in [0.15, 0.2) is 16.6 Å². The number of carbonyl (C=O) groups excluding carboxylic acids is 1. The smallest absolute Gasteiger partial charge is 0.410 e. The predicted octanol–water partition coefficient (Wildman–Crippen LogP) is 4.51. The molecule has 1 aliphatic heterocycles. The summed E-state index contributed by atoms with van der Waals surface area (Å²) in [6, 6.07) is 4.63. The highest BCUT2D eigenvalue weighted by Gasteiger charge is 2.30. The number of aryl methyl sites for hydroxylation is 2. The van der Waals surface area contributed by atoms with Crippen LogP contribution in [0.5, 0.6) is 0 Å². The maximum absolute atomic E-state index is 12.3. The van der Waals surface area contributed by atoms with E-state index in [2.05, 4.69) is 53.7 Å². The molecule has 4 nitrogen and oxygen atoms in total. The van der Waals surface area contributed by atoms with Crippen LogP contribution in [0.1, 0.15) is 44.4 Å². The van der Waals surface area contributed by atoms with Crippen molar-refractivity contribution in [2.75, 3.05) is 19.6 Å². The van der Waals surface area contributed by atoms with E-state index >= 15 is 0 Å². The minimum atomic E-state index is -0.444. The number of ether oxygens (including phenoxy) is 1. The molecule has 1 saturated heterocycles. The molecular weight excluding hydrogens is 368 g/mol. The Morgan fingerprint density at radius 2 is 1.83 bits per heavy atom. The van der Waals surface area contributed by atoms with Crippen LogP contribution in [-0.2, 0) is 11.3 Å². The molecule has 0 spiro atoms. The molecule has 1 unspecified atom stereocenters. The molecule has 1 amide bonds. The molecule has 0 N–H and O–H groups in total. The van der Waals surface area contributed by atoms with E-state index in [0.29, 0.717) is 6.54 Å². The largest absolute Gasteiger partial charge is 0.444 e. The first kappa shape index (κ1) is 19.3. The quantitative estimate of drug-likeness (QED) is 0.736. The van der Waals surface area contributed by atoms with Crippen molar-refractivity contribution in [2.24, 2.45) is 0 Å². The average molecular weight is 397 g/mol. The summed E-state index contributed by atoms with van der Waals surface area (Å²) < 4.78 is 6.70. The van der Waals surface area contributed by atoms with E-state index in [0.717, 1.165) is 19.6 Å². The first-order chi connectivity index (χ1) is 11.1. The SMILES string of the molecule is Cc1cc(CN2CCN(C(=O)OC(C)(C)C)C(C)C2)cc(C)c1Br. The van der Waals surface area contributed by atoms with Crippen LogP contribution < -0.4 is 0 Å². The average Bonchev–Trinajstić information content (AvgIpc) is 2.42. The van der Waals surface area contributed by atoms with Crippen molar-refractivity contribution < 1.29 is 9.53 Å². The molecule has 1 aromatic carbocycles. The Morgan fingerprint density at radius 3 is 2.33 bits per heavy atom. The van der Waals surface area contributed by atoms with Gasteiger partial charge in [0, 0.05) is 36.7 Å². The standard InChI is InChI=1S/C19H29BrN2O2/c1-13-9-16(10-14(2)17(13)20)12-21-7-8-22(15(3)11-21)18(23)24-19(4,5)6/h9-10,15H,7-8,11-12H2,1-6H3. The third-order valence-electron chi connectivity index (χ3n) is 4.24. The Kier molecular flexibility index (Phi) is 5.97. The maximum Gasteiger partial charge on any atom is 0.410 e. The van der Waals surface area contributed by atoms with E-state index in [1.54, 1.807) is 0 Å². The number of amides is 1. The van der Waals surface area contributed by atoms with Crippen LogP contribution >= 0.6 is 15.9 Å². The van der Waals surface area contributed by atoms with E-state index in [1.165, 1.54) is 21.2 Å². The molecule has 1 fully saturated rings. The molecule has 0 radical (unpaired) electrons. The van der Waals surface area contributed by atoms with Crippen molar-refractivity contribution in [1.29, 1.82) is 0 Å². The van der Waals surface area contributed by atoms with Gasteiger partial charge >= 0.3 is 6.09 Å². The van der Waals surface area contributed by atoms with Crippen LogP contribution in [-0.4, -0.2) is 47.2 Å². The van der Waals surface area contributed by atoms with Crippen LogP contribution in [0.4, 0.5) is 4.79 Å². The molecular formula is C19H29BrN2O2. The fraction of sp³-hybridized carbons (Fsp3) is 0.632. The molecule has 134 valence electrons. The summed E-state index contributed by atoms with van der Waals surface area (Å²) >= 11 is 3.62. The van der Waals surface area contributed by atoms with Crippen molar-refractivity contribution in [1.82, 2.24) is 9.80 Å². The van der Waals surface area contributed by atoms with E-state index in [-0.39, 0.29) is 12.1 Å². The normalized spacial score (nSPS) is 19.5. The summed E-state index contributed by atoms with van der Waals surface area (Å²) in [4.78, 5) is 16.6. The highest BCUT2D eigenvalue weighted by atomic mass is 79.9. The van der Waals surface area contributed by atoms with Crippen molar-refractivity contribution in [3.05, 3.63) is 33.3 Å². The Hall–Kier alpha value is -1.07. The second-order valence-corrected chi connectivity index (χ2v) is 8.59. The fourth-order valence-corrected chi connectivity index (χ4v) is 3.38. The fourth-order valence-electron chi connectivity index (χ4n) is 3.15. The van der Waals surface area contributed by atoms with Gasteiger partial charge in [-0.05, 0) is 58.2 Å². The number of hydrogen-bond donors (Lipinski definition) is 0. The van der Waals surface area contributed by atoms with Crippen molar-refractivity contribution in [3.63, 3.8) is 0 Å². The highest BCUT2D eigenvalue weighted by molar-refractivity contribution is 9.10. The molecule has 24 heavy (non-hydrogen) atoms. The zero-order valence-electron chi connectivity index (χ0n) is 15.6. The molecule has 0 aliphatic carbocycles. The van der Waals surface area contributed by atoms with Crippen LogP contribution in [0.25, 0.3) is 0 Å². The number of piperazine rings is 1. The van der Waals surface area contributed by atoms with E-state index in [9.17, 15) is 4.79 Å². The minimum Gasteiger partial charge on any atom is -0.444 e. The summed E-state index contributed by atoms with van der Waals surface area (Å²) in [7, 11) is 0. The van der Waals surface area contributed by atoms with Crippen LogP contribution in [0.3, 0.4) is 0 Å². The number of halogens is 1. The zero-order valence-corrected chi connectivity index (χ0v) is 17.2. The lowest BCUT2D eigenvalue weighted by Gasteiger charge is -2.40. The van der Waals surface area contributed by atoms with Gasteiger partial charge in [-0.2, -0.15) is 0 Å². The zero-order chi connectivity index (χ0) is 18.1. The molecule has 0 bridgehead atoms. The Balaban J connectivity index is 1.97.